The van der Waals surface area contributed by atoms with Gasteiger partial charge < -0.3 is 15.0 Å². The van der Waals surface area contributed by atoms with Crippen LogP contribution in [0.5, 0.6) is 0 Å². The van der Waals surface area contributed by atoms with Crippen molar-refractivity contribution in [1.29, 1.82) is 0 Å². The first-order valence-electron chi connectivity index (χ1n) is 8.89. The van der Waals surface area contributed by atoms with Crippen molar-refractivity contribution in [3.8, 4) is 0 Å². The third kappa shape index (κ3) is 4.55. The van der Waals surface area contributed by atoms with E-state index in [1.165, 1.54) is 6.33 Å². The minimum Gasteiger partial charge on any atom is -0.379 e. The zero-order valence-corrected chi connectivity index (χ0v) is 14.7. The number of morpholine rings is 1. The standard InChI is InChI=1S/C16H26N6O3/c1-2-22-14(18-12-19-22)10-17-16(24)13-9-15(23)21(11-13)4-3-20-5-7-25-8-6-20/h12-13H,2-11H2,1H3,(H,17,24). The van der Waals surface area contributed by atoms with Crippen LogP contribution in [0.2, 0.25) is 0 Å². The molecule has 2 aliphatic rings. The lowest BCUT2D eigenvalue weighted by molar-refractivity contribution is -0.129. The highest BCUT2D eigenvalue weighted by Crippen LogP contribution is 2.18. The highest BCUT2D eigenvalue weighted by molar-refractivity contribution is 5.89. The van der Waals surface area contributed by atoms with Crippen molar-refractivity contribution in [2.75, 3.05) is 45.9 Å². The smallest absolute Gasteiger partial charge is 0.225 e. The molecule has 9 nitrogen and oxygen atoms in total. The molecule has 2 amide bonds. The van der Waals surface area contributed by atoms with Crippen LogP contribution >= 0.6 is 0 Å². The van der Waals surface area contributed by atoms with Crippen molar-refractivity contribution in [3.63, 3.8) is 0 Å². The first-order chi connectivity index (χ1) is 12.2. The monoisotopic (exact) mass is 350 g/mol. The molecule has 2 aliphatic heterocycles. The summed E-state index contributed by atoms with van der Waals surface area (Å²) in [6.07, 6.45) is 1.77. The van der Waals surface area contributed by atoms with Crippen LogP contribution in [0.4, 0.5) is 0 Å². The molecule has 0 saturated carbocycles. The summed E-state index contributed by atoms with van der Waals surface area (Å²) < 4.78 is 7.07. The topological polar surface area (TPSA) is 92.6 Å². The molecule has 2 saturated heterocycles. The average Bonchev–Trinajstić information content (AvgIpc) is 3.25. The van der Waals surface area contributed by atoms with Crippen molar-refractivity contribution in [1.82, 2.24) is 29.9 Å². The molecular weight excluding hydrogens is 324 g/mol. The molecule has 3 rings (SSSR count). The maximum absolute atomic E-state index is 12.4. The van der Waals surface area contributed by atoms with Gasteiger partial charge in [-0.05, 0) is 6.92 Å². The Labute approximate surface area is 147 Å². The van der Waals surface area contributed by atoms with Crippen LogP contribution in [0, 0.1) is 5.92 Å². The van der Waals surface area contributed by atoms with E-state index in [-0.39, 0.29) is 24.2 Å². The lowest BCUT2D eigenvalue weighted by atomic mass is 10.1. The summed E-state index contributed by atoms with van der Waals surface area (Å²) in [7, 11) is 0. The predicted octanol–water partition coefficient (Wildman–Crippen LogP) is -0.905. The second-order valence-electron chi connectivity index (χ2n) is 6.40. The van der Waals surface area contributed by atoms with Crippen molar-refractivity contribution in [3.05, 3.63) is 12.2 Å². The number of amides is 2. The first kappa shape index (κ1) is 17.8. The number of hydrogen-bond donors (Lipinski definition) is 1. The second kappa shape index (κ2) is 8.39. The second-order valence-corrected chi connectivity index (χ2v) is 6.40. The van der Waals surface area contributed by atoms with Crippen molar-refractivity contribution < 1.29 is 14.3 Å². The van der Waals surface area contributed by atoms with Gasteiger partial charge in [0.2, 0.25) is 11.8 Å². The molecule has 2 fully saturated rings. The van der Waals surface area contributed by atoms with Crippen molar-refractivity contribution in [2.24, 2.45) is 5.92 Å². The SMILES string of the molecule is CCn1ncnc1CNC(=O)C1CC(=O)N(CCN2CCOCC2)C1. The zero-order valence-electron chi connectivity index (χ0n) is 14.7. The molecule has 9 heteroatoms. The number of ether oxygens (including phenoxy) is 1. The van der Waals surface area contributed by atoms with Gasteiger partial charge in [-0.25, -0.2) is 9.67 Å². The van der Waals surface area contributed by atoms with Crippen LogP contribution in [0.15, 0.2) is 6.33 Å². The molecule has 0 radical (unpaired) electrons. The number of aromatic nitrogens is 3. The molecule has 25 heavy (non-hydrogen) atoms. The Morgan fingerprint density at radius 3 is 2.92 bits per heavy atom. The normalized spacial score (nSPS) is 21.7. The van der Waals surface area contributed by atoms with E-state index in [0.717, 1.165) is 38.7 Å². The molecule has 0 aliphatic carbocycles. The summed E-state index contributed by atoms with van der Waals surface area (Å²) in [5.74, 6) is 0.414. The molecular formula is C16H26N6O3. The Morgan fingerprint density at radius 1 is 1.36 bits per heavy atom. The fourth-order valence-electron chi connectivity index (χ4n) is 3.25. The Hall–Kier alpha value is -2.00. The van der Waals surface area contributed by atoms with Crippen LogP contribution in [0.25, 0.3) is 0 Å². The minimum atomic E-state index is -0.282. The van der Waals surface area contributed by atoms with Gasteiger partial charge in [0.05, 0.1) is 25.7 Å². The summed E-state index contributed by atoms with van der Waals surface area (Å²) in [6.45, 7) is 8.34. The predicted molar refractivity (Wildman–Crippen MR) is 89.5 cm³/mol. The number of carbonyl (C=O) groups is 2. The number of hydrogen-bond acceptors (Lipinski definition) is 6. The lowest BCUT2D eigenvalue weighted by Crippen LogP contribution is -2.42. The number of rotatable bonds is 7. The molecule has 1 atom stereocenters. The number of likely N-dealkylation sites (tertiary alicyclic amines) is 1. The van der Waals surface area contributed by atoms with Crippen LogP contribution < -0.4 is 5.32 Å². The van der Waals surface area contributed by atoms with Gasteiger partial charge in [-0.1, -0.05) is 0 Å². The molecule has 1 aromatic rings. The summed E-state index contributed by atoms with van der Waals surface area (Å²) in [6, 6.07) is 0. The van der Waals surface area contributed by atoms with Gasteiger partial charge in [0, 0.05) is 45.7 Å². The fourth-order valence-corrected chi connectivity index (χ4v) is 3.25. The summed E-state index contributed by atoms with van der Waals surface area (Å²) in [5.41, 5.74) is 0. The molecule has 1 N–H and O–H groups in total. The Morgan fingerprint density at radius 2 is 2.16 bits per heavy atom. The third-order valence-electron chi connectivity index (χ3n) is 4.79. The van der Waals surface area contributed by atoms with Crippen LogP contribution in [-0.4, -0.2) is 82.3 Å². The first-order valence-corrected chi connectivity index (χ1v) is 8.89. The van der Waals surface area contributed by atoms with Crippen LogP contribution in [0.1, 0.15) is 19.2 Å². The molecule has 0 bridgehead atoms. The highest BCUT2D eigenvalue weighted by atomic mass is 16.5. The maximum atomic E-state index is 12.4. The van der Waals surface area contributed by atoms with E-state index < -0.39 is 0 Å². The van der Waals surface area contributed by atoms with Gasteiger partial charge in [-0.3, -0.25) is 14.5 Å². The van der Waals surface area contributed by atoms with Gasteiger partial charge in [-0.2, -0.15) is 5.10 Å². The number of nitrogens with one attached hydrogen (secondary N) is 1. The summed E-state index contributed by atoms with van der Waals surface area (Å²) >= 11 is 0. The Bertz CT molecular complexity index is 598. The molecule has 138 valence electrons. The average molecular weight is 350 g/mol. The molecule has 0 aromatic carbocycles. The van der Waals surface area contributed by atoms with Crippen molar-refractivity contribution >= 4 is 11.8 Å². The molecule has 3 heterocycles. The number of carbonyl (C=O) groups excluding carboxylic acids is 2. The largest absolute Gasteiger partial charge is 0.379 e. The number of aryl methyl sites for hydroxylation is 1. The quantitative estimate of drug-likeness (QED) is 0.685. The van der Waals surface area contributed by atoms with E-state index in [1.807, 2.05) is 6.92 Å². The van der Waals surface area contributed by atoms with E-state index in [9.17, 15) is 9.59 Å². The van der Waals surface area contributed by atoms with E-state index in [4.69, 9.17) is 4.74 Å². The number of nitrogens with zero attached hydrogens (tertiary/aromatic N) is 5. The third-order valence-corrected chi connectivity index (χ3v) is 4.79. The van der Waals surface area contributed by atoms with E-state index in [2.05, 4.69) is 20.3 Å². The van der Waals surface area contributed by atoms with Gasteiger partial charge in [0.1, 0.15) is 12.2 Å². The van der Waals surface area contributed by atoms with Crippen LogP contribution in [-0.2, 0) is 27.4 Å². The van der Waals surface area contributed by atoms with E-state index in [0.29, 0.717) is 26.2 Å². The Kier molecular flexibility index (Phi) is 5.98. The van der Waals surface area contributed by atoms with E-state index in [1.54, 1.807) is 9.58 Å². The highest BCUT2D eigenvalue weighted by Gasteiger charge is 2.34. The minimum absolute atomic E-state index is 0.0603. The summed E-state index contributed by atoms with van der Waals surface area (Å²) in [4.78, 5) is 32.8. The maximum Gasteiger partial charge on any atom is 0.225 e. The van der Waals surface area contributed by atoms with Gasteiger partial charge in [-0.15, -0.1) is 0 Å². The summed E-state index contributed by atoms with van der Waals surface area (Å²) in [5, 5.41) is 6.96. The zero-order chi connectivity index (χ0) is 17.6. The lowest BCUT2D eigenvalue weighted by Gasteiger charge is -2.28. The molecule has 1 unspecified atom stereocenters. The van der Waals surface area contributed by atoms with Gasteiger partial charge in [0.15, 0.2) is 0 Å². The fraction of sp³-hybridized carbons (Fsp3) is 0.750. The molecule has 1 aromatic heterocycles. The van der Waals surface area contributed by atoms with Crippen molar-refractivity contribution in [2.45, 2.75) is 26.4 Å². The van der Waals surface area contributed by atoms with E-state index >= 15 is 0 Å². The van der Waals surface area contributed by atoms with Gasteiger partial charge >= 0.3 is 0 Å². The van der Waals surface area contributed by atoms with Gasteiger partial charge in [0.25, 0.3) is 0 Å². The van der Waals surface area contributed by atoms with Crippen LogP contribution in [0.3, 0.4) is 0 Å². The Balaban J connectivity index is 1.43. The molecule has 0 spiro atoms.